The summed E-state index contributed by atoms with van der Waals surface area (Å²) in [5.74, 6) is 3.01. The van der Waals surface area contributed by atoms with Crippen molar-refractivity contribution in [3.63, 3.8) is 0 Å². The van der Waals surface area contributed by atoms with Crippen LogP contribution >= 0.6 is 27.7 Å². The lowest BCUT2D eigenvalue weighted by molar-refractivity contribution is 0.0690. The van der Waals surface area contributed by atoms with Gasteiger partial charge in [0.15, 0.2) is 0 Å². The Balaban J connectivity index is 1.94. The Labute approximate surface area is 124 Å². The molecule has 19 heavy (non-hydrogen) atoms. The van der Waals surface area contributed by atoms with Gasteiger partial charge in [-0.1, -0.05) is 12.8 Å². The maximum absolute atomic E-state index is 12.1. The number of hydrogen-bond acceptors (Lipinski definition) is 4. The van der Waals surface area contributed by atoms with E-state index in [1.807, 2.05) is 11.8 Å². The van der Waals surface area contributed by atoms with Gasteiger partial charge in [0.05, 0.1) is 12.3 Å². The highest BCUT2D eigenvalue weighted by atomic mass is 79.9. The van der Waals surface area contributed by atoms with Gasteiger partial charge < -0.3 is 9.72 Å². The first-order valence-corrected chi connectivity index (χ1v) is 8.69. The van der Waals surface area contributed by atoms with Crippen LogP contribution in [0.25, 0.3) is 0 Å². The molecule has 2 aliphatic rings. The van der Waals surface area contributed by atoms with Gasteiger partial charge in [-0.05, 0) is 28.8 Å². The Morgan fingerprint density at radius 3 is 2.84 bits per heavy atom. The third-order valence-corrected chi connectivity index (χ3v) is 5.53. The van der Waals surface area contributed by atoms with E-state index in [0.717, 1.165) is 36.6 Å². The summed E-state index contributed by atoms with van der Waals surface area (Å²) in [6.45, 7) is 0.730. The van der Waals surface area contributed by atoms with Crippen molar-refractivity contribution >= 4 is 27.7 Å². The van der Waals surface area contributed by atoms with Crippen LogP contribution in [0.2, 0.25) is 0 Å². The zero-order chi connectivity index (χ0) is 13.2. The van der Waals surface area contributed by atoms with Gasteiger partial charge in [-0.25, -0.2) is 4.98 Å². The van der Waals surface area contributed by atoms with E-state index in [1.54, 1.807) is 0 Å². The molecule has 1 atom stereocenters. The lowest BCUT2D eigenvalue weighted by atomic mass is 10.0. The topological polar surface area (TPSA) is 55.0 Å². The van der Waals surface area contributed by atoms with Crippen LogP contribution in [0.3, 0.4) is 0 Å². The van der Waals surface area contributed by atoms with E-state index in [-0.39, 0.29) is 11.7 Å². The fourth-order valence-electron chi connectivity index (χ4n) is 2.76. The van der Waals surface area contributed by atoms with E-state index in [0.29, 0.717) is 16.2 Å². The molecule has 104 valence electrons. The number of nitrogens with one attached hydrogen (secondary N) is 1. The number of aromatic amines is 1. The molecule has 1 N–H and O–H groups in total. The van der Waals surface area contributed by atoms with Crippen LogP contribution in [0.1, 0.15) is 49.2 Å². The molecule has 0 aromatic carbocycles. The van der Waals surface area contributed by atoms with Crippen LogP contribution in [-0.2, 0) is 4.74 Å². The number of thioether (sulfide) groups is 1. The molecule has 6 heteroatoms. The molecule has 0 spiro atoms. The summed E-state index contributed by atoms with van der Waals surface area (Å²) < 4.78 is 6.31. The van der Waals surface area contributed by atoms with Crippen molar-refractivity contribution in [2.24, 2.45) is 0 Å². The van der Waals surface area contributed by atoms with Gasteiger partial charge in [-0.2, -0.15) is 11.8 Å². The fourth-order valence-corrected chi connectivity index (χ4v) is 4.12. The fraction of sp³-hybridized carbons (Fsp3) is 0.692. The molecule has 2 fully saturated rings. The second kappa shape index (κ2) is 5.97. The van der Waals surface area contributed by atoms with E-state index in [4.69, 9.17) is 9.72 Å². The predicted octanol–water partition coefficient (Wildman–Crippen LogP) is 2.99. The minimum atomic E-state index is -0.0777. The Hall–Kier alpha value is -0.330. The highest BCUT2D eigenvalue weighted by molar-refractivity contribution is 9.10. The van der Waals surface area contributed by atoms with Crippen LogP contribution < -0.4 is 5.56 Å². The molecule has 1 aromatic rings. The van der Waals surface area contributed by atoms with E-state index in [2.05, 4.69) is 20.9 Å². The van der Waals surface area contributed by atoms with Crippen molar-refractivity contribution in [2.45, 2.75) is 37.7 Å². The number of aromatic nitrogens is 2. The van der Waals surface area contributed by atoms with Crippen molar-refractivity contribution in [1.82, 2.24) is 9.97 Å². The number of H-pyrrole nitrogens is 1. The number of ether oxygens (including phenoxy) is 1. The molecule has 2 heterocycles. The standard InChI is InChI=1S/C13H17BrN2O2S/c14-10-11(8-3-1-2-4-8)15-12(16-13(10)17)9-7-19-6-5-18-9/h8-9H,1-7H2,(H,15,16,17). The SMILES string of the molecule is O=c1[nH]c(C2CSCCO2)nc(C2CCCC2)c1Br. The maximum atomic E-state index is 12.1. The Kier molecular flexibility index (Phi) is 4.29. The summed E-state index contributed by atoms with van der Waals surface area (Å²) in [6.07, 6.45) is 4.66. The van der Waals surface area contributed by atoms with Gasteiger partial charge in [-0.15, -0.1) is 0 Å². The smallest absolute Gasteiger partial charge is 0.265 e. The van der Waals surface area contributed by atoms with E-state index in [9.17, 15) is 4.79 Å². The van der Waals surface area contributed by atoms with Crippen LogP contribution in [0.5, 0.6) is 0 Å². The van der Waals surface area contributed by atoms with E-state index < -0.39 is 0 Å². The molecular formula is C13H17BrN2O2S. The minimum Gasteiger partial charge on any atom is -0.369 e. The summed E-state index contributed by atoms with van der Waals surface area (Å²) in [6, 6.07) is 0. The second-order valence-electron chi connectivity index (χ2n) is 5.07. The number of rotatable bonds is 2. The summed E-state index contributed by atoms with van der Waals surface area (Å²) in [7, 11) is 0. The normalized spacial score (nSPS) is 24.8. The zero-order valence-corrected chi connectivity index (χ0v) is 13.1. The number of halogens is 1. The average Bonchev–Trinajstić information content (AvgIpc) is 2.96. The molecule has 3 rings (SSSR count). The zero-order valence-electron chi connectivity index (χ0n) is 10.7. The second-order valence-corrected chi connectivity index (χ2v) is 7.01. The Bertz CT molecular complexity index is 508. The number of nitrogens with zero attached hydrogens (tertiary/aromatic N) is 1. The highest BCUT2D eigenvalue weighted by Crippen LogP contribution is 2.36. The lowest BCUT2D eigenvalue weighted by Crippen LogP contribution is -2.24. The van der Waals surface area contributed by atoms with Crippen LogP contribution in [0, 0.1) is 0 Å². The first kappa shape index (κ1) is 13.6. The molecule has 1 saturated carbocycles. The largest absolute Gasteiger partial charge is 0.369 e. The molecule has 0 bridgehead atoms. The van der Waals surface area contributed by atoms with Gasteiger partial charge in [0, 0.05) is 17.4 Å². The van der Waals surface area contributed by atoms with Crippen molar-refractivity contribution in [2.75, 3.05) is 18.1 Å². The molecule has 4 nitrogen and oxygen atoms in total. The molecule has 1 aliphatic heterocycles. The third kappa shape index (κ3) is 2.90. The van der Waals surface area contributed by atoms with E-state index >= 15 is 0 Å². The first-order chi connectivity index (χ1) is 9.25. The van der Waals surface area contributed by atoms with Crippen LogP contribution in [0.15, 0.2) is 9.27 Å². The summed E-state index contributed by atoms with van der Waals surface area (Å²) in [4.78, 5) is 19.6. The van der Waals surface area contributed by atoms with E-state index in [1.165, 1.54) is 12.8 Å². The summed E-state index contributed by atoms with van der Waals surface area (Å²) >= 11 is 5.24. The van der Waals surface area contributed by atoms with Gasteiger partial charge in [0.1, 0.15) is 16.4 Å². The average molecular weight is 345 g/mol. The number of hydrogen-bond donors (Lipinski definition) is 1. The van der Waals surface area contributed by atoms with Crippen molar-refractivity contribution < 1.29 is 4.74 Å². The van der Waals surface area contributed by atoms with Gasteiger partial charge in [0.25, 0.3) is 5.56 Å². The summed E-state index contributed by atoms with van der Waals surface area (Å²) in [5.41, 5.74) is 0.849. The van der Waals surface area contributed by atoms with Crippen LogP contribution in [-0.4, -0.2) is 28.1 Å². The molecule has 1 aromatic heterocycles. The quantitative estimate of drug-likeness (QED) is 0.895. The van der Waals surface area contributed by atoms with Crippen molar-refractivity contribution in [1.29, 1.82) is 0 Å². The summed E-state index contributed by atoms with van der Waals surface area (Å²) in [5, 5.41) is 0. The van der Waals surface area contributed by atoms with Crippen molar-refractivity contribution in [3.8, 4) is 0 Å². The Morgan fingerprint density at radius 2 is 2.16 bits per heavy atom. The first-order valence-electron chi connectivity index (χ1n) is 6.74. The van der Waals surface area contributed by atoms with Crippen LogP contribution in [0.4, 0.5) is 0 Å². The molecular weight excluding hydrogens is 328 g/mol. The van der Waals surface area contributed by atoms with Gasteiger partial charge >= 0.3 is 0 Å². The lowest BCUT2D eigenvalue weighted by Gasteiger charge is -2.22. The predicted molar refractivity (Wildman–Crippen MR) is 79.8 cm³/mol. The van der Waals surface area contributed by atoms with Gasteiger partial charge in [0.2, 0.25) is 0 Å². The minimum absolute atomic E-state index is 0.0697. The molecule has 1 saturated heterocycles. The molecule has 0 radical (unpaired) electrons. The monoisotopic (exact) mass is 344 g/mol. The van der Waals surface area contributed by atoms with Gasteiger partial charge in [-0.3, -0.25) is 4.79 Å². The molecule has 0 amide bonds. The highest BCUT2D eigenvalue weighted by Gasteiger charge is 2.26. The molecule has 1 aliphatic carbocycles. The maximum Gasteiger partial charge on any atom is 0.265 e. The third-order valence-electron chi connectivity index (χ3n) is 3.77. The Morgan fingerprint density at radius 1 is 1.37 bits per heavy atom. The van der Waals surface area contributed by atoms with Crippen molar-refractivity contribution in [3.05, 3.63) is 26.3 Å². The molecule has 1 unspecified atom stereocenters.